The molecule has 0 spiro atoms. The first-order valence-corrected chi connectivity index (χ1v) is 2.80. The first-order chi connectivity index (χ1) is 5.24. The van der Waals surface area contributed by atoms with Gasteiger partial charge in [-0.05, 0) is 6.07 Å². The third-order valence-corrected chi connectivity index (χ3v) is 1.10. The second kappa shape index (κ2) is 2.98. The van der Waals surface area contributed by atoms with Crippen molar-refractivity contribution in [2.45, 2.75) is 0 Å². The summed E-state index contributed by atoms with van der Waals surface area (Å²) >= 11 is 0. The lowest BCUT2D eigenvalue weighted by Gasteiger charge is -1.95. The third kappa shape index (κ3) is 1.65. The standard InChI is InChI=1S/C6H6N2O3/c7-11-5-2-1-4(3-8-5)6(9)10/h1-3H,7H2,(H,9,10). The molecule has 1 heterocycles. The number of carbonyl (C=O) groups is 1. The first-order valence-electron chi connectivity index (χ1n) is 2.80. The minimum absolute atomic E-state index is 0.103. The molecule has 0 aliphatic heterocycles. The van der Waals surface area contributed by atoms with Crippen LogP contribution >= 0.6 is 0 Å². The molecule has 0 saturated heterocycles. The first kappa shape index (κ1) is 7.49. The highest BCUT2D eigenvalue weighted by Crippen LogP contribution is 2.04. The Kier molecular flexibility index (Phi) is 2.03. The van der Waals surface area contributed by atoms with Crippen molar-refractivity contribution in [2.75, 3.05) is 0 Å². The smallest absolute Gasteiger partial charge is 0.337 e. The number of carboxylic acids is 1. The molecule has 0 amide bonds. The van der Waals surface area contributed by atoms with Crippen LogP contribution in [0.5, 0.6) is 5.88 Å². The topological polar surface area (TPSA) is 85.4 Å². The Morgan fingerprint density at radius 3 is 2.73 bits per heavy atom. The molecular formula is C6H6N2O3. The van der Waals surface area contributed by atoms with Gasteiger partial charge in [0.25, 0.3) is 0 Å². The van der Waals surface area contributed by atoms with Gasteiger partial charge in [-0.3, -0.25) is 0 Å². The lowest BCUT2D eigenvalue weighted by atomic mass is 10.3. The van der Waals surface area contributed by atoms with Gasteiger partial charge in [0.1, 0.15) is 0 Å². The maximum Gasteiger partial charge on any atom is 0.337 e. The molecule has 0 aliphatic carbocycles. The van der Waals surface area contributed by atoms with Crippen LogP contribution in [0.2, 0.25) is 0 Å². The summed E-state index contributed by atoms with van der Waals surface area (Å²) in [6.07, 6.45) is 1.17. The fourth-order valence-corrected chi connectivity index (χ4v) is 0.577. The minimum atomic E-state index is -1.03. The molecule has 5 nitrogen and oxygen atoms in total. The van der Waals surface area contributed by atoms with E-state index >= 15 is 0 Å². The molecule has 0 bridgehead atoms. The number of rotatable bonds is 2. The normalized spacial score (nSPS) is 9.18. The maximum absolute atomic E-state index is 10.3. The van der Waals surface area contributed by atoms with E-state index in [1.165, 1.54) is 18.3 Å². The molecule has 0 saturated carbocycles. The Bertz CT molecular complexity index is 257. The number of pyridine rings is 1. The monoisotopic (exact) mass is 154 g/mol. The van der Waals surface area contributed by atoms with Gasteiger partial charge < -0.3 is 9.94 Å². The molecule has 0 aliphatic rings. The van der Waals surface area contributed by atoms with Crippen molar-refractivity contribution in [3.8, 4) is 5.88 Å². The van der Waals surface area contributed by atoms with Crippen molar-refractivity contribution >= 4 is 5.97 Å². The van der Waals surface area contributed by atoms with Gasteiger partial charge in [-0.1, -0.05) is 0 Å². The van der Waals surface area contributed by atoms with E-state index in [1.807, 2.05) is 0 Å². The van der Waals surface area contributed by atoms with E-state index in [9.17, 15) is 4.79 Å². The second-order valence-corrected chi connectivity index (χ2v) is 1.81. The molecule has 0 unspecified atom stereocenters. The summed E-state index contributed by atoms with van der Waals surface area (Å²) in [6.45, 7) is 0. The van der Waals surface area contributed by atoms with Gasteiger partial charge in [-0.25, -0.2) is 9.78 Å². The summed E-state index contributed by atoms with van der Waals surface area (Å²) in [4.78, 5) is 18.1. The van der Waals surface area contributed by atoms with Crippen LogP contribution in [0, 0.1) is 0 Å². The van der Waals surface area contributed by atoms with E-state index < -0.39 is 5.97 Å². The number of carboxylic acid groups (broad SMARTS) is 1. The van der Waals surface area contributed by atoms with Crippen LogP contribution in [0.4, 0.5) is 0 Å². The summed E-state index contributed by atoms with van der Waals surface area (Å²) in [6, 6.07) is 2.74. The van der Waals surface area contributed by atoms with Crippen LogP contribution in [-0.2, 0) is 0 Å². The van der Waals surface area contributed by atoms with E-state index in [4.69, 9.17) is 11.0 Å². The highest BCUT2D eigenvalue weighted by molar-refractivity contribution is 5.87. The molecule has 0 fully saturated rings. The Labute approximate surface area is 62.4 Å². The summed E-state index contributed by atoms with van der Waals surface area (Å²) in [7, 11) is 0. The Morgan fingerprint density at radius 1 is 1.64 bits per heavy atom. The second-order valence-electron chi connectivity index (χ2n) is 1.81. The Morgan fingerprint density at radius 2 is 2.36 bits per heavy atom. The van der Waals surface area contributed by atoms with Gasteiger partial charge in [0.2, 0.25) is 5.88 Å². The molecule has 11 heavy (non-hydrogen) atoms. The van der Waals surface area contributed by atoms with Crippen LogP contribution in [0.3, 0.4) is 0 Å². The van der Waals surface area contributed by atoms with Gasteiger partial charge in [0.15, 0.2) is 0 Å². The van der Waals surface area contributed by atoms with Crippen LogP contribution < -0.4 is 10.7 Å². The van der Waals surface area contributed by atoms with Gasteiger partial charge in [-0.15, -0.1) is 0 Å². The zero-order chi connectivity index (χ0) is 8.27. The predicted molar refractivity (Wildman–Crippen MR) is 36.0 cm³/mol. The lowest BCUT2D eigenvalue weighted by Crippen LogP contribution is -2.04. The molecule has 3 N–H and O–H groups in total. The summed E-state index contributed by atoms with van der Waals surface area (Å²) in [5.74, 6) is 3.93. The van der Waals surface area contributed by atoms with Crippen molar-refractivity contribution in [2.24, 2.45) is 5.90 Å². The fraction of sp³-hybridized carbons (Fsp3) is 0. The number of nitrogens with zero attached hydrogens (tertiary/aromatic N) is 1. The molecule has 58 valence electrons. The Hall–Kier alpha value is -1.62. The van der Waals surface area contributed by atoms with Crippen LogP contribution in [-0.4, -0.2) is 16.1 Å². The average Bonchev–Trinajstić information content (AvgIpc) is 2.05. The predicted octanol–water partition coefficient (Wildman–Crippen LogP) is 0.0323. The number of nitrogens with two attached hydrogens (primary N) is 1. The summed E-state index contributed by atoms with van der Waals surface area (Å²) < 4.78 is 0. The quantitative estimate of drug-likeness (QED) is 0.587. The third-order valence-electron chi connectivity index (χ3n) is 1.10. The zero-order valence-electron chi connectivity index (χ0n) is 5.52. The maximum atomic E-state index is 10.3. The highest BCUT2D eigenvalue weighted by atomic mass is 16.6. The van der Waals surface area contributed by atoms with Gasteiger partial charge in [0, 0.05) is 12.3 Å². The largest absolute Gasteiger partial charge is 0.478 e. The minimum Gasteiger partial charge on any atom is -0.478 e. The van der Waals surface area contributed by atoms with Crippen LogP contribution in [0.1, 0.15) is 10.4 Å². The van der Waals surface area contributed by atoms with Crippen molar-refractivity contribution in [3.05, 3.63) is 23.9 Å². The van der Waals surface area contributed by atoms with E-state index in [0.717, 1.165) is 0 Å². The molecule has 0 radical (unpaired) electrons. The van der Waals surface area contributed by atoms with Crippen molar-refractivity contribution < 1.29 is 14.7 Å². The van der Waals surface area contributed by atoms with Crippen LogP contribution in [0.25, 0.3) is 0 Å². The van der Waals surface area contributed by atoms with E-state index in [2.05, 4.69) is 9.82 Å². The van der Waals surface area contributed by atoms with E-state index in [1.54, 1.807) is 0 Å². The molecule has 0 aromatic carbocycles. The van der Waals surface area contributed by atoms with Gasteiger partial charge in [0.05, 0.1) is 5.56 Å². The van der Waals surface area contributed by atoms with E-state index in [0.29, 0.717) is 0 Å². The lowest BCUT2D eigenvalue weighted by molar-refractivity contribution is 0.0696. The van der Waals surface area contributed by atoms with Crippen LogP contribution in [0.15, 0.2) is 18.3 Å². The number of hydrogen-bond acceptors (Lipinski definition) is 4. The molecule has 1 aromatic rings. The summed E-state index contributed by atoms with van der Waals surface area (Å²) in [5, 5.41) is 8.44. The van der Waals surface area contributed by atoms with Gasteiger partial charge >= 0.3 is 5.97 Å². The van der Waals surface area contributed by atoms with E-state index in [-0.39, 0.29) is 11.4 Å². The number of hydrogen-bond donors (Lipinski definition) is 2. The molecule has 0 atom stereocenters. The van der Waals surface area contributed by atoms with Crippen molar-refractivity contribution in [1.29, 1.82) is 0 Å². The zero-order valence-corrected chi connectivity index (χ0v) is 5.52. The average molecular weight is 154 g/mol. The number of aromatic carboxylic acids is 1. The van der Waals surface area contributed by atoms with Crippen molar-refractivity contribution in [3.63, 3.8) is 0 Å². The molecular weight excluding hydrogens is 148 g/mol. The Balaban J connectivity index is 2.91. The van der Waals surface area contributed by atoms with Gasteiger partial charge in [-0.2, -0.15) is 5.90 Å². The summed E-state index contributed by atoms with van der Waals surface area (Å²) in [5.41, 5.74) is 0.103. The molecule has 1 rings (SSSR count). The number of aromatic nitrogens is 1. The van der Waals surface area contributed by atoms with Crippen molar-refractivity contribution in [1.82, 2.24) is 4.98 Å². The SMILES string of the molecule is NOc1ccc(C(=O)O)cn1. The fourth-order valence-electron chi connectivity index (χ4n) is 0.577. The molecule has 1 aromatic heterocycles. The molecule has 5 heteroatoms. The highest BCUT2D eigenvalue weighted by Gasteiger charge is 2.01.